The van der Waals surface area contributed by atoms with Crippen molar-refractivity contribution >= 4 is 15.9 Å². The van der Waals surface area contributed by atoms with E-state index < -0.39 is 21.3 Å². The second-order valence-corrected chi connectivity index (χ2v) is 10.4. The highest BCUT2D eigenvalue weighted by molar-refractivity contribution is 7.90. The first kappa shape index (κ1) is 23.7. The van der Waals surface area contributed by atoms with Crippen LogP contribution in [0, 0.1) is 0 Å². The van der Waals surface area contributed by atoms with Gasteiger partial charge in [-0.1, -0.05) is 42.5 Å². The first-order valence-electron chi connectivity index (χ1n) is 11.3. The molecule has 0 saturated carbocycles. The van der Waals surface area contributed by atoms with Gasteiger partial charge in [-0.05, 0) is 36.1 Å². The van der Waals surface area contributed by atoms with Crippen LogP contribution in [-0.2, 0) is 26.3 Å². The lowest BCUT2D eigenvalue weighted by Gasteiger charge is -2.24. The molecule has 0 aromatic heterocycles. The second kappa shape index (κ2) is 10.6. The molecule has 8 nitrogen and oxygen atoms in total. The summed E-state index contributed by atoms with van der Waals surface area (Å²) in [6.07, 6.45) is 2.06. The molecule has 2 saturated heterocycles. The van der Waals surface area contributed by atoms with Gasteiger partial charge in [0.15, 0.2) is 0 Å². The molecule has 0 spiro atoms. The van der Waals surface area contributed by atoms with Gasteiger partial charge in [0.1, 0.15) is 17.6 Å². The number of carbonyl (C=O) groups is 1. The number of sulfonamides is 1. The average molecular weight is 474 g/mol. The highest BCUT2D eigenvalue weighted by atomic mass is 32.2. The number of nitrogens with zero attached hydrogens (tertiary/aromatic N) is 2. The van der Waals surface area contributed by atoms with Crippen LogP contribution in [0.1, 0.15) is 36.4 Å². The molecule has 33 heavy (non-hydrogen) atoms. The van der Waals surface area contributed by atoms with Crippen LogP contribution in [-0.4, -0.2) is 62.8 Å². The van der Waals surface area contributed by atoms with Crippen molar-refractivity contribution < 1.29 is 22.8 Å². The molecule has 178 valence electrons. The zero-order chi connectivity index (χ0) is 23.3. The van der Waals surface area contributed by atoms with Gasteiger partial charge in [0.25, 0.3) is 0 Å². The smallest absolute Gasteiger partial charge is 0.222 e. The molecule has 2 aliphatic rings. The number of likely N-dealkylation sites (tertiary alicyclic amines) is 1. The van der Waals surface area contributed by atoms with Gasteiger partial charge in [0.05, 0.1) is 12.6 Å². The first-order chi connectivity index (χ1) is 15.9. The third kappa shape index (κ3) is 5.92. The van der Waals surface area contributed by atoms with Gasteiger partial charge < -0.3 is 9.64 Å². The zero-order valence-electron chi connectivity index (χ0n) is 18.9. The zero-order valence-corrected chi connectivity index (χ0v) is 19.7. The van der Waals surface area contributed by atoms with E-state index >= 15 is 0 Å². The van der Waals surface area contributed by atoms with Crippen molar-refractivity contribution in [3.8, 4) is 5.75 Å². The van der Waals surface area contributed by atoms with E-state index in [2.05, 4.69) is 4.72 Å². The lowest BCUT2D eigenvalue weighted by atomic mass is 10.0. The molecule has 2 aliphatic heterocycles. The average Bonchev–Trinajstić information content (AvgIpc) is 3.42. The quantitative estimate of drug-likeness (QED) is 0.534. The van der Waals surface area contributed by atoms with Crippen LogP contribution in [0.2, 0.25) is 0 Å². The van der Waals surface area contributed by atoms with E-state index in [4.69, 9.17) is 9.57 Å². The van der Waals surface area contributed by atoms with Gasteiger partial charge in [-0.15, -0.1) is 0 Å². The molecule has 9 heteroatoms. The summed E-state index contributed by atoms with van der Waals surface area (Å²) in [6, 6.07) is 16.9. The predicted molar refractivity (Wildman–Crippen MR) is 125 cm³/mol. The van der Waals surface area contributed by atoms with Crippen LogP contribution in [0.15, 0.2) is 54.6 Å². The Hall–Kier alpha value is -2.46. The highest BCUT2D eigenvalue weighted by Crippen LogP contribution is 2.34. The Morgan fingerprint density at radius 2 is 1.97 bits per heavy atom. The normalized spacial score (nSPS) is 21.6. The lowest BCUT2D eigenvalue weighted by molar-refractivity contribution is -0.127. The minimum atomic E-state index is -3.63. The van der Waals surface area contributed by atoms with E-state index in [0.717, 1.165) is 24.1 Å². The molecule has 2 aromatic carbocycles. The number of amides is 1. The van der Waals surface area contributed by atoms with Crippen LogP contribution in [0.25, 0.3) is 0 Å². The van der Waals surface area contributed by atoms with E-state index in [9.17, 15) is 13.2 Å². The van der Waals surface area contributed by atoms with Crippen LogP contribution in [0.5, 0.6) is 5.75 Å². The number of carbonyl (C=O) groups excluding carboxylic acids is 1. The van der Waals surface area contributed by atoms with Gasteiger partial charge in [-0.2, -0.15) is 5.06 Å². The molecule has 2 aromatic rings. The van der Waals surface area contributed by atoms with Gasteiger partial charge in [-0.25, -0.2) is 13.1 Å². The standard InChI is InChI=1S/C24H31N3O5S/c1-26-24(20-10-5-11-21(16-20)31-17-19-8-3-2-4-9-19)22(18-32-26)33(29,30)25-13-7-15-27-14-6-12-23(27)28/h2-5,8-11,16,22,24-25H,6-7,12-15,17-18H2,1H3/t22-,24-/m1/s1. The number of hydrogen-bond acceptors (Lipinski definition) is 6. The maximum atomic E-state index is 13.1. The summed E-state index contributed by atoms with van der Waals surface area (Å²) in [6.45, 7) is 2.14. The number of benzene rings is 2. The number of ether oxygens (including phenoxy) is 1. The third-order valence-electron chi connectivity index (χ3n) is 6.11. The molecule has 1 N–H and O–H groups in total. The minimum Gasteiger partial charge on any atom is -0.489 e. The van der Waals surface area contributed by atoms with Gasteiger partial charge in [0, 0.05) is 33.1 Å². The molecule has 2 heterocycles. The van der Waals surface area contributed by atoms with Gasteiger partial charge >= 0.3 is 0 Å². The van der Waals surface area contributed by atoms with Crippen molar-refractivity contribution in [3.63, 3.8) is 0 Å². The first-order valence-corrected chi connectivity index (χ1v) is 12.9. The molecule has 2 fully saturated rings. The van der Waals surface area contributed by atoms with Crippen LogP contribution >= 0.6 is 0 Å². The Morgan fingerprint density at radius 1 is 1.15 bits per heavy atom. The van der Waals surface area contributed by atoms with Gasteiger partial charge in [-0.3, -0.25) is 9.63 Å². The number of rotatable bonds is 10. The fraction of sp³-hybridized carbons (Fsp3) is 0.458. The fourth-order valence-corrected chi connectivity index (χ4v) is 5.89. The molecule has 1 amide bonds. The molecule has 0 radical (unpaired) electrons. The molecule has 0 aliphatic carbocycles. The van der Waals surface area contributed by atoms with Crippen LogP contribution < -0.4 is 9.46 Å². The molecule has 2 atom stereocenters. The summed E-state index contributed by atoms with van der Waals surface area (Å²) < 4.78 is 34.8. The maximum absolute atomic E-state index is 13.1. The Bertz CT molecular complexity index is 1050. The molecular weight excluding hydrogens is 442 g/mol. The third-order valence-corrected chi connectivity index (χ3v) is 7.91. The number of hydrogen-bond donors (Lipinski definition) is 1. The maximum Gasteiger partial charge on any atom is 0.222 e. The van der Waals surface area contributed by atoms with Crippen molar-refractivity contribution in [2.24, 2.45) is 0 Å². The summed E-state index contributed by atoms with van der Waals surface area (Å²) >= 11 is 0. The van der Waals surface area contributed by atoms with Crippen LogP contribution in [0.4, 0.5) is 0 Å². The second-order valence-electron chi connectivity index (χ2n) is 8.45. The summed E-state index contributed by atoms with van der Waals surface area (Å²) in [7, 11) is -1.88. The van der Waals surface area contributed by atoms with E-state index in [0.29, 0.717) is 38.3 Å². The Balaban J connectivity index is 1.38. The largest absolute Gasteiger partial charge is 0.489 e. The Kier molecular flexibility index (Phi) is 7.64. The summed E-state index contributed by atoms with van der Waals surface area (Å²) in [5.41, 5.74) is 1.88. The lowest BCUT2D eigenvalue weighted by Crippen LogP contribution is -2.40. The van der Waals surface area contributed by atoms with Gasteiger partial charge in [0.2, 0.25) is 15.9 Å². The van der Waals surface area contributed by atoms with E-state index in [1.54, 1.807) is 17.0 Å². The molecule has 0 unspecified atom stereocenters. The molecule has 4 rings (SSSR count). The van der Waals surface area contributed by atoms with Crippen molar-refractivity contribution in [2.45, 2.75) is 37.2 Å². The highest BCUT2D eigenvalue weighted by Gasteiger charge is 2.43. The summed E-state index contributed by atoms with van der Waals surface area (Å²) in [5.74, 6) is 0.828. The fourth-order valence-electron chi connectivity index (χ4n) is 4.34. The Labute approximate surface area is 195 Å². The van der Waals surface area contributed by atoms with E-state index in [1.165, 1.54) is 0 Å². The monoisotopic (exact) mass is 473 g/mol. The summed E-state index contributed by atoms with van der Waals surface area (Å²) in [4.78, 5) is 19.1. The van der Waals surface area contributed by atoms with Crippen molar-refractivity contribution in [1.29, 1.82) is 0 Å². The van der Waals surface area contributed by atoms with Crippen molar-refractivity contribution in [3.05, 3.63) is 65.7 Å². The van der Waals surface area contributed by atoms with Crippen molar-refractivity contribution in [2.75, 3.05) is 33.3 Å². The Morgan fingerprint density at radius 3 is 2.73 bits per heavy atom. The minimum absolute atomic E-state index is 0.0796. The van der Waals surface area contributed by atoms with Crippen LogP contribution in [0.3, 0.4) is 0 Å². The predicted octanol–water partition coefficient (Wildman–Crippen LogP) is 2.48. The SMILES string of the molecule is CN1OC[C@@H](S(=O)(=O)NCCCN2CCCC2=O)[C@H]1c1cccc(OCc2ccccc2)c1. The molecule has 0 bridgehead atoms. The topological polar surface area (TPSA) is 88.2 Å². The van der Waals surface area contributed by atoms with E-state index in [1.807, 2.05) is 54.6 Å². The molecular formula is C24H31N3O5S. The number of nitrogens with one attached hydrogen (secondary N) is 1. The number of hydroxylamine groups is 2. The van der Waals surface area contributed by atoms with E-state index in [-0.39, 0.29) is 12.5 Å². The summed E-state index contributed by atoms with van der Waals surface area (Å²) in [5, 5.41) is 0.851. The van der Waals surface area contributed by atoms with Crippen molar-refractivity contribution in [1.82, 2.24) is 14.7 Å².